The van der Waals surface area contributed by atoms with Gasteiger partial charge in [-0.05, 0) is 0 Å². The van der Waals surface area contributed by atoms with Crippen molar-refractivity contribution in [3.05, 3.63) is 18.7 Å². The molecule has 1 rings (SSSR count). The number of hydrogen-bond acceptors (Lipinski definition) is 1. The van der Waals surface area contributed by atoms with E-state index < -0.39 is 23.4 Å². The summed E-state index contributed by atoms with van der Waals surface area (Å²) in [5.41, 5.74) is 0. The zero-order chi connectivity index (χ0) is 22.8. The topological polar surface area (TPSA) is 28.7 Å². The van der Waals surface area contributed by atoms with Crippen LogP contribution in [0.2, 0.25) is 0 Å². The van der Waals surface area contributed by atoms with Crippen molar-refractivity contribution < 1.29 is 92.6 Å². The van der Waals surface area contributed by atoms with Gasteiger partial charge in [0.25, 0.3) is 0 Å². The molecular formula is C3H4F18FeN2P3. The van der Waals surface area contributed by atoms with E-state index in [1.165, 1.54) is 0 Å². The van der Waals surface area contributed by atoms with Crippen LogP contribution in [0.1, 0.15) is 0 Å². The standard InChI is InChI=1S/C3H4N2.3F6P.Fe/c1-2-5-3-4-1;3*1-7(2,3,4,5)6;/h1-3H,(H,4,5);;;;/q;3*-1;+3. The van der Waals surface area contributed by atoms with Crippen LogP contribution in [-0.4, -0.2) is 9.97 Å². The van der Waals surface area contributed by atoms with Gasteiger partial charge in [0.2, 0.25) is 0 Å². The van der Waals surface area contributed by atoms with Crippen LogP contribution >= 0.6 is 23.4 Å². The molecule has 0 atom stereocenters. The molecule has 0 fully saturated rings. The van der Waals surface area contributed by atoms with Crippen molar-refractivity contribution in [2.75, 3.05) is 0 Å². The fourth-order valence-electron chi connectivity index (χ4n) is 0.215. The van der Waals surface area contributed by atoms with Crippen LogP contribution in [0.25, 0.3) is 0 Å². The minimum absolute atomic E-state index is 0. The van der Waals surface area contributed by atoms with Gasteiger partial charge in [0.15, 0.2) is 0 Å². The van der Waals surface area contributed by atoms with Gasteiger partial charge in [-0.3, -0.25) is 0 Å². The first kappa shape index (κ1) is 34.3. The van der Waals surface area contributed by atoms with Crippen molar-refractivity contribution in [3.63, 3.8) is 0 Å². The second kappa shape index (κ2) is 6.38. The van der Waals surface area contributed by atoms with Gasteiger partial charge in [-0.25, -0.2) is 4.98 Å². The maximum atomic E-state index is 9.87. The molecule has 0 spiro atoms. The second-order valence-corrected chi connectivity index (χ2v) is 9.39. The normalized spacial score (nSPS) is 19.5. The summed E-state index contributed by atoms with van der Waals surface area (Å²) in [6.07, 6.45) is 5.08. The number of nitrogens with zero attached hydrogens (tertiary/aromatic N) is 1. The molecule has 1 radical (unpaired) electrons. The first-order valence-electron chi connectivity index (χ1n) is 4.47. The van der Waals surface area contributed by atoms with E-state index in [1.807, 2.05) is 0 Å². The van der Waals surface area contributed by atoms with Gasteiger partial charge in [0.1, 0.15) is 0 Å². The molecule has 0 unspecified atom stereocenters. The number of hydrogen-bond donors (Lipinski definition) is 1. The molecule has 27 heavy (non-hydrogen) atoms. The van der Waals surface area contributed by atoms with Crippen molar-refractivity contribution in [1.82, 2.24) is 9.97 Å². The van der Waals surface area contributed by atoms with E-state index in [9.17, 15) is 75.5 Å². The molecule has 0 aliphatic rings. The molecule has 0 bridgehead atoms. The van der Waals surface area contributed by atoms with Gasteiger partial charge in [-0.1, -0.05) is 0 Å². The first-order valence-corrected chi connectivity index (χ1v) is 10.6. The average molecular weight is 559 g/mol. The third kappa shape index (κ3) is 642. The van der Waals surface area contributed by atoms with Crippen molar-refractivity contribution >= 4 is 23.4 Å². The van der Waals surface area contributed by atoms with E-state index in [1.54, 1.807) is 18.7 Å². The predicted molar refractivity (Wildman–Crippen MR) is 59.3 cm³/mol. The summed E-state index contributed by atoms with van der Waals surface area (Å²) in [4.78, 5) is 6.42. The molecule has 0 amide bonds. The Hall–Kier alpha value is -0.241. The Labute approximate surface area is 145 Å². The maximum absolute atomic E-state index is 10.7. The van der Waals surface area contributed by atoms with Gasteiger partial charge in [-0.15, -0.1) is 0 Å². The fourth-order valence-corrected chi connectivity index (χ4v) is 0.215. The van der Waals surface area contributed by atoms with Crippen LogP contribution in [0.15, 0.2) is 18.7 Å². The number of H-pyrrole nitrogens is 1. The molecule has 24 heteroatoms. The molecule has 0 aliphatic carbocycles. The molecule has 1 heterocycles. The molecule has 0 aliphatic heterocycles. The Balaban J connectivity index is -0.000000130. The Morgan fingerprint density at radius 2 is 0.667 bits per heavy atom. The maximum Gasteiger partial charge on any atom is 3.00 e. The Morgan fingerprint density at radius 1 is 0.481 bits per heavy atom. The number of imidazole rings is 1. The minimum Gasteiger partial charge on any atom is -0.351 e. The second-order valence-electron chi connectivity index (χ2n) is 3.64. The molecule has 0 saturated heterocycles. The molecule has 0 saturated carbocycles. The zero-order valence-corrected chi connectivity index (χ0v) is 15.0. The van der Waals surface area contributed by atoms with Crippen LogP contribution in [0.5, 0.6) is 0 Å². The molecule has 2 nitrogen and oxygen atoms in total. The summed E-state index contributed by atoms with van der Waals surface area (Å²) in [5.74, 6) is 0. The number of rotatable bonds is 0. The van der Waals surface area contributed by atoms with Crippen molar-refractivity contribution in [2.45, 2.75) is 0 Å². The van der Waals surface area contributed by atoms with Crippen LogP contribution in [0, 0.1) is 0 Å². The molecule has 1 N–H and O–H groups in total. The predicted octanol–water partition coefficient (Wildman–Crippen LogP) is 10.6. The van der Waals surface area contributed by atoms with Crippen molar-refractivity contribution in [1.29, 1.82) is 0 Å². The Kier molecular flexibility index (Phi) is 8.10. The Bertz CT molecular complexity index is 435. The minimum atomic E-state index is -10.7. The van der Waals surface area contributed by atoms with E-state index in [0.717, 1.165) is 0 Å². The van der Waals surface area contributed by atoms with Crippen molar-refractivity contribution in [2.24, 2.45) is 0 Å². The molecule has 0 aromatic carbocycles. The van der Waals surface area contributed by atoms with E-state index in [4.69, 9.17) is 0 Å². The number of aromatic amines is 1. The number of aromatic nitrogens is 2. The summed E-state index contributed by atoms with van der Waals surface area (Å²) in [6, 6.07) is 0. The molecular weight excluding hydrogens is 555 g/mol. The first-order chi connectivity index (χ1) is 9.85. The monoisotopic (exact) mass is 559 g/mol. The summed E-state index contributed by atoms with van der Waals surface area (Å²) < 4.78 is 178. The van der Waals surface area contributed by atoms with Gasteiger partial charge >= 0.3 is 116 Å². The van der Waals surface area contributed by atoms with Crippen LogP contribution in [0.3, 0.4) is 0 Å². The number of nitrogens with one attached hydrogen (secondary N) is 1. The van der Waals surface area contributed by atoms with Crippen LogP contribution in [0.4, 0.5) is 75.5 Å². The summed E-state index contributed by atoms with van der Waals surface area (Å²) >= 11 is 0. The summed E-state index contributed by atoms with van der Waals surface area (Å²) in [6.45, 7) is 0. The third-order valence-electron chi connectivity index (χ3n) is 0.406. The van der Waals surface area contributed by atoms with Gasteiger partial charge in [-0.2, -0.15) is 0 Å². The molecule has 1 aromatic rings. The van der Waals surface area contributed by atoms with Gasteiger partial charge < -0.3 is 4.98 Å². The third-order valence-corrected chi connectivity index (χ3v) is 0.406. The molecule has 175 valence electrons. The van der Waals surface area contributed by atoms with E-state index >= 15 is 0 Å². The smallest absolute Gasteiger partial charge is 0.351 e. The van der Waals surface area contributed by atoms with E-state index in [2.05, 4.69) is 9.97 Å². The SMILES string of the molecule is F[P-](F)(F)(F)(F)F.F[P-](F)(F)(F)(F)F.F[P-](F)(F)(F)(F)F.[Fe+3].c1c[nH]cn1. The van der Waals surface area contributed by atoms with Crippen LogP contribution < -0.4 is 0 Å². The molecule has 1 aromatic heterocycles. The van der Waals surface area contributed by atoms with E-state index in [-0.39, 0.29) is 17.1 Å². The zero-order valence-electron chi connectivity index (χ0n) is 11.2. The van der Waals surface area contributed by atoms with E-state index in [0.29, 0.717) is 0 Å². The van der Waals surface area contributed by atoms with Crippen molar-refractivity contribution in [3.8, 4) is 0 Å². The van der Waals surface area contributed by atoms with Crippen LogP contribution in [-0.2, 0) is 17.1 Å². The summed E-state index contributed by atoms with van der Waals surface area (Å²) in [7, 11) is -32.0. The quantitative estimate of drug-likeness (QED) is 0.191. The fraction of sp³-hybridized carbons (Fsp3) is 0. The van der Waals surface area contributed by atoms with Gasteiger partial charge in [0.05, 0.1) is 6.33 Å². The largest absolute Gasteiger partial charge is 3.00 e. The average Bonchev–Trinajstić information content (AvgIpc) is 2.32. The summed E-state index contributed by atoms with van der Waals surface area (Å²) in [5, 5.41) is 0. The Morgan fingerprint density at radius 3 is 0.704 bits per heavy atom. The number of halogens is 18. The van der Waals surface area contributed by atoms with Gasteiger partial charge in [0, 0.05) is 12.4 Å².